The van der Waals surface area contributed by atoms with E-state index >= 15 is 0 Å². The maximum absolute atomic E-state index is 12.0. The lowest BCUT2D eigenvalue weighted by Gasteiger charge is -2.26. The molecule has 4 rings (SSSR count). The van der Waals surface area contributed by atoms with E-state index in [4.69, 9.17) is 0 Å². The van der Waals surface area contributed by atoms with Gasteiger partial charge in [0.1, 0.15) is 16.8 Å². The third-order valence-corrected chi connectivity index (χ3v) is 4.29. The van der Waals surface area contributed by atoms with E-state index < -0.39 is 0 Å². The van der Waals surface area contributed by atoms with Crippen molar-refractivity contribution in [3.8, 4) is 5.75 Å². The standard InChI is InChI=1S/C15H11N3O2S/c19-9-3-1-2-8(6-9)10-7-13(20)16-11-4-5-12-15(14(10)11)18-21-17-12/h1-6,10,19H,7H2,(H,16,20)/t10-/m0/s1. The zero-order valence-corrected chi connectivity index (χ0v) is 11.7. The van der Waals surface area contributed by atoms with Gasteiger partial charge < -0.3 is 10.4 Å². The van der Waals surface area contributed by atoms with Gasteiger partial charge in [0.15, 0.2) is 0 Å². The molecule has 0 spiro atoms. The lowest BCUT2D eigenvalue weighted by molar-refractivity contribution is -0.116. The maximum Gasteiger partial charge on any atom is 0.225 e. The van der Waals surface area contributed by atoms with E-state index in [9.17, 15) is 9.90 Å². The first-order valence-electron chi connectivity index (χ1n) is 6.56. The van der Waals surface area contributed by atoms with Crippen molar-refractivity contribution in [2.24, 2.45) is 0 Å². The summed E-state index contributed by atoms with van der Waals surface area (Å²) in [5.74, 6) is 0.0513. The normalized spacial score (nSPS) is 17.5. The highest BCUT2D eigenvalue weighted by molar-refractivity contribution is 7.00. The Bertz CT molecular complexity index is 859. The number of nitrogens with zero attached hydrogens (tertiary/aromatic N) is 2. The summed E-state index contributed by atoms with van der Waals surface area (Å²) >= 11 is 1.16. The van der Waals surface area contributed by atoms with Crippen molar-refractivity contribution >= 4 is 34.4 Å². The Hall–Kier alpha value is -2.47. The number of amides is 1. The number of fused-ring (bicyclic) bond motifs is 3. The van der Waals surface area contributed by atoms with Gasteiger partial charge in [0.25, 0.3) is 0 Å². The van der Waals surface area contributed by atoms with Crippen LogP contribution in [0.5, 0.6) is 5.75 Å². The molecule has 1 aliphatic rings. The molecule has 2 N–H and O–H groups in total. The Labute approximate surface area is 124 Å². The van der Waals surface area contributed by atoms with Gasteiger partial charge in [-0.2, -0.15) is 8.75 Å². The van der Waals surface area contributed by atoms with Crippen LogP contribution in [0.1, 0.15) is 23.5 Å². The molecule has 21 heavy (non-hydrogen) atoms. The molecule has 5 nitrogen and oxygen atoms in total. The van der Waals surface area contributed by atoms with E-state index in [1.807, 2.05) is 18.2 Å². The van der Waals surface area contributed by atoms with Crippen LogP contribution in [-0.4, -0.2) is 19.8 Å². The second-order valence-electron chi connectivity index (χ2n) is 5.06. The molecule has 1 atom stereocenters. The van der Waals surface area contributed by atoms with Gasteiger partial charge in [0.2, 0.25) is 5.91 Å². The van der Waals surface area contributed by atoms with Crippen LogP contribution in [0, 0.1) is 0 Å². The van der Waals surface area contributed by atoms with Crippen molar-refractivity contribution in [3.05, 3.63) is 47.5 Å². The van der Waals surface area contributed by atoms with E-state index in [1.165, 1.54) is 0 Å². The van der Waals surface area contributed by atoms with Crippen molar-refractivity contribution in [2.75, 3.05) is 5.32 Å². The summed E-state index contributed by atoms with van der Waals surface area (Å²) in [6.07, 6.45) is 0.340. The first kappa shape index (κ1) is 12.3. The largest absolute Gasteiger partial charge is 0.508 e. The van der Waals surface area contributed by atoms with Crippen molar-refractivity contribution in [3.63, 3.8) is 0 Å². The van der Waals surface area contributed by atoms with Gasteiger partial charge in [0.05, 0.1) is 11.7 Å². The van der Waals surface area contributed by atoms with E-state index in [2.05, 4.69) is 14.1 Å². The van der Waals surface area contributed by atoms with E-state index in [0.717, 1.165) is 39.6 Å². The summed E-state index contributed by atoms with van der Waals surface area (Å²) in [6, 6.07) is 10.8. The molecule has 104 valence electrons. The van der Waals surface area contributed by atoms with Gasteiger partial charge in [0, 0.05) is 23.6 Å². The number of hydrogen-bond acceptors (Lipinski definition) is 5. The predicted octanol–water partition coefficient (Wildman–Crippen LogP) is 2.87. The van der Waals surface area contributed by atoms with E-state index in [0.29, 0.717) is 6.42 Å². The van der Waals surface area contributed by atoms with Crippen LogP contribution >= 0.6 is 11.7 Å². The van der Waals surface area contributed by atoms with Gasteiger partial charge in [-0.15, -0.1) is 0 Å². The summed E-state index contributed by atoms with van der Waals surface area (Å²) in [5.41, 5.74) is 4.32. The van der Waals surface area contributed by atoms with Crippen LogP contribution in [0.25, 0.3) is 11.0 Å². The molecule has 0 aliphatic carbocycles. The number of phenols is 1. The lowest BCUT2D eigenvalue weighted by atomic mass is 9.84. The molecule has 0 radical (unpaired) electrons. The molecule has 1 aliphatic heterocycles. The topological polar surface area (TPSA) is 75.1 Å². The highest BCUT2D eigenvalue weighted by atomic mass is 32.1. The molecule has 3 aromatic rings. The Morgan fingerprint density at radius 2 is 2.14 bits per heavy atom. The van der Waals surface area contributed by atoms with Gasteiger partial charge in [-0.05, 0) is 29.8 Å². The van der Waals surface area contributed by atoms with Crippen LogP contribution in [0.4, 0.5) is 5.69 Å². The van der Waals surface area contributed by atoms with Crippen LogP contribution in [0.3, 0.4) is 0 Å². The number of aromatic nitrogens is 2. The highest BCUT2D eigenvalue weighted by Gasteiger charge is 2.29. The molecule has 0 saturated carbocycles. The maximum atomic E-state index is 12.0. The molecule has 2 aromatic carbocycles. The fourth-order valence-electron chi connectivity index (χ4n) is 2.85. The summed E-state index contributed by atoms with van der Waals surface area (Å²) in [5, 5.41) is 12.6. The minimum absolute atomic E-state index is 0.0293. The van der Waals surface area contributed by atoms with Crippen LogP contribution in [-0.2, 0) is 4.79 Å². The Kier molecular flexibility index (Phi) is 2.65. The van der Waals surface area contributed by atoms with Crippen molar-refractivity contribution in [1.82, 2.24) is 8.75 Å². The number of carbonyl (C=O) groups is 1. The molecule has 2 heterocycles. The molecule has 0 fully saturated rings. The fourth-order valence-corrected chi connectivity index (χ4v) is 3.40. The van der Waals surface area contributed by atoms with E-state index in [-0.39, 0.29) is 17.6 Å². The molecule has 0 bridgehead atoms. The van der Waals surface area contributed by atoms with Gasteiger partial charge >= 0.3 is 0 Å². The Morgan fingerprint density at radius 1 is 1.24 bits per heavy atom. The Balaban J connectivity index is 1.97. The summed E-state index contributed by atoms with van der Waals surface area (Å²) < 4.78 is 8.63. The number of aromatic hydroxyl groups is 1. The summed E-state index contributed by atoms with van der Waals surface area (Å²) in [4.78, 5) is 12.0. The lowest BCUT2D eigenvalue weighted by Crippen LogP contribution is -2.23. The molecule has 0 unspecified atom stereocenters. The second kappa shape index (κ2) is 4.53. The van der Waals surface area contributed by atoms with Crippen molar-refractivity contribution < 1.29 is 9.90 Å². The number of hydrogen-bond donors (Lipinski definition) is 2. The summed E-state index contributed by atoms with van der Waals surface area (Å²) in [7, 11) is 0. The third-order valence-electron chi connectivity index (χ3n) is 3.75. The molecular formula is C15H11N3O2S. The summed E-state index contributed by atoms with van der Waals surface area (Å²) in [6.45, 7) is 0. The highest BCUT2D eigenvalue weighted by Crippen LogP contribution is 2.41. The van der Waals surface area contributed by atoms with Crippen molar-refractivity contribution in [1.29, 1.82) is 0 Å². The molecule has 1 amide bonds. The number of benzene rings is 2. The number of rotatable bonds is 1. The van der Waals surface area contributed by atoms with Gasteiger partial charge in [-0.1, -0.05) is 12.1 Å². The average molecular weight is 297 g/mol. The predicted molar refractivity (Wildman–Crippen MR) is 80.6 cm³/mol. The SMILES string of the molecule is O=C1C[C@@H](c2cccc(O)c2)c2c(ccc3nsnc23)N1. The number of nitrogens with one attached hydrogen (secondary N) is 1. The van der Waals surface area contributed by atoms with E-state index in [1.54, 1.807) is 18.2 Å². The molecule has 1 aromatic heterocycles. The third kappa shape index (κ3) is 1.95. The monoisotopic (exact) mass is 297 g/mol. The molecule has 0 saturated heterocycles. The first-order chi connectivity index (χ1) is 10.2. The smallest absolute Gasteiger partial charge is 0.225 e. The first-order valence-corrected chi connectivity index (χ1v) is 7.29. The molecule has 6 heteroatoms. The zero-order valence-electron chi connectivity index (χ0n) is 10.9. The minimum atomic E-state index is -0.117. The molecular weight excluding hydrogens is 286 g/mol. The Morgan fingerprint density at radius 3 is 3.00 bits per heavy atom. The fraction of sp³-hybridized carbons (Fsp3) is 0.133. The minimum Gasteiger partial charge on any atom is -0.508 e. The van der Waals surface area contributed by atoms with Crippen LogP contribution in [0.2, 0.25) is 0 Å². The number of anilines is 1. The van der Waals surface area contributed by atoms with Gasteiger partial charge in [-0.3, -0.25) is 4.79 Å². The second-order valence-corrected chi connectivity index (χ2v) is 5.59. The quantitative estimate of drug-likeness (QED) is 0.724. The van der Waals surface area contributed by atoms with Gasteiger partial charge in [-0.25, -0.2) is 0 Å². The number of phenolic OH excluding ortho intramolecular Hbond substituents is 1. The van der Waals surface area contributed by atoms with Crippen molar-refractivity contribution in [2.45, 2.75) is 12.3 Å². The van der Waals surface area contributed by atoms with Crippen LogP contribution in [0.15, 0.2) is 36.4 Å². The zero-order chi connectivity index (χ0) is 14.4. The number of carbonyl (C=O) groups excluding carboxylic acids is 1. The average Bonchev–Trinajstić information content (AvgIpc) is 2.94. The van der Waals surface area contributed by atoms with Crippen LogP contribution < -0.4 is 5.32 Å².